The van der Waals surface area contributed by atoms with E-state index in [1.165, 1.54) is 0 Å². The van der Waals surface area contributed by atoms with Crippen LogP contribution in [0.15, 0.2) is 28.7 Å². The van der Waals surface area contributed by atoms with Crippen molar-refractivity contribution in [1.29, 1.82) is 0 Å². The van der Waals surface area contributed by atoms with Crippen LogP contribution in [-0.2, 0) is 5.41 Å². The van der Waals surface area contributed by atoms with E-state index in [1.54, 1.807) is 6.07 Å². The maximum atomic E-state index is 12.2. The number of aromatic amines is 1. The van der Waals surface area contributed by atoms with Gasteiger partial charge in [0.25, 0.3) is 5.91 Å². The molecule has 0 bridgehead atoms. The van der Waals surface area contributed by atoms with Gasteiger partial charge in [-0.2, -0.15) is 5.10 Å². The number of rotatable bonds is 2. The molecule has 0 saturated carbocycles. The first-order valence-electron chi connectivity index (χ1n) is 6.40. The summed E-state index contributed by atoms with van der Waals surface area (Å²) in [6.45, 7) is 8.21. The zero-order valence-electron chi connectivity index (χ0n) is 12.0. The summed E-state index contributed by atoms with van der Waals surface area (Å²) in [7, 11) is 0. The van der Waals surface area contributed by atoms with Gasteiger partial charge in [0.1, 0.15) is 0 Å². The second-order valence-corrected chi connectivity index (χ2v) is 6.80. The average Bonchev–Trinajstić information content (AvgIpc) is 2.75. The normalized spacial score (nSPS) is 11.4. The van der Waals surface area contributed by atoms with E-state index in [0.717, 1.165) is 15.7 Å². The van der Waals surface area contributed by atoms with Crippen molar-refractivity contribution in [2.75, 3.05) is 5.32 Å². The first-order chi connectivity index (χ1) is 9.25. The van der Waals surface area contributed by atoms with Crippen LogP contribution in [0.2, 0.25) is 0 Å². The van der Waals surface area contributed by atoms with Gasteiger partial charge in [0.05, 0.1) is 0 Å². The highest BCUT2D eigenvalue weighted by Crippen LogP contribution is 2.22. The minimum atomic E-state index is -0.165. The van der Waals surface area contributed by atoms with Crippen LogP contribution in [-0.4, -0.2) is 16.1 Å². The van der Waals surface area contributed by atoms with Crippen molar-refractivity contribution in [2.45, 2.75) is 33.1 Å². The maximum Gasteiger partial charge on any atom is 0.256 e. The lowest BCUT2D eigenvalue weighted by atomic mass is 9.92. The molecule has 0 fully saturated rings. The predicted molar refractivity (Wildman–Crippen MR) is 84.1 cm³/mol. The number of hydrogen-bond donors (Lipinski definition) is 2. The Kier molecular flexibility index (Phi) is 3.99. The Bertz CT molecular complexity index is 621. The molecule has 0 radical (unpaired) electrons. The van der Waals surface area contributed by atoms with E-state index in [9.17, 15) is 4.79 Å². The number of carbonyl (C=O) groups excluding carboxylic acids is 1. The smallest absolute Gasteiger partial charge is 0.256 e. The fraction of sp³-hybridized carbons (Fsp3) is 0.333. The first-order valence-corrected chi connectivity index (χ1v) is 7.19. The Morgan fingerprint density at radius 3 is 2.50 bits per heavy atom. The van der Waals surface area contributed by atoms with Crippen molar-refractivity contribution in [1.82, 2.24) is 10.2 Å². The predicted octanol–water partition coefficient (Wildman–Crippen LogP) is 4.03. The van der Waals surface area contributed by atoms with E-state index < -0.39 is 0 Å². The molecule has 4 nitrogen and oxygen atoms in total. The molecule has 0 atom stereocenters. The van der Waals surface area contributed by atoms with Gasteiger partial charge < -0.3 is 5.32 Å². The monoisotopic (exact) mass is 335 g/mol. The van der Waals surface area contributed by atoms with E-state index in [2.05, 4.69) is 52.2 Å². The van der Waals surface area contributed by atoms with Gasteiger partial charge in [-0.25, -0.2) is 0 Å². The third-order valence-electron chi connectivity index (χ3n) is 2.93. The molecule has 2 N–H and O–H groups in total. The maximum absolute atomic E-state index is 12.2. The first kappa shape index (κ1) is 14.8. The van der Waals surface area contributed by atoms with Gasteiger partial charge in [0, 0.05) is 27.2 Å². The summed E-state index contributed by atoms with van der Waals surface area (Å²) >= 11 is 3.40. The molecule has 0 aliphatic rings. The second kappa shape index (κ2) is 5.40. The highest BCUT2D eigenvalue weighted by Gasteiger charge is 2.17. The molecule has 2 rings (SSSR count). The van der Waals surface area contributed by atoms with Crippen LogP contribution in [0.25, 0.3) is 0 Å². The number of nitrogens with zero attached hydrogens (tertiary/aromatic N) is 1. The molecule has 0 aliphatic heterocycles. The Balaban J connectivity index is 2.17. The van der Waals surface area contributed by atoms with Crippen LogP contribution >= 0.6 is 15.9 Å². The standard InChI is InChI=1S/C15H18BrN3O/c1-9-5-10(7-11(16)6-9)14(20)17-13-8-12(18-19-13)15(2,3)4/h5-8H,1-4H3,(H2,17,18,19,20). The lowest BCUT2D eigenvalue weighted by Gasteiger charge is -2.14. The van der Waals surface area contributed by atoms with Gasteiger partial charge in [-0.3, -0.25) is 9.89 Å². The largest absolute Gasteiger partial charge is 0.305 e. The van der Waals surface area contributed by atoms with E-state index in [1.807, 2.05) is 25.1 Å². The molecule has 0 spiro atoms. The van der Waals surface area contributed by atoms with E-state index in [-0.39, 0.29) is 11.3 Å². The average molecular weight is 336 g/mol. The summed E-state index contributed by atoms with van der Waals surface area (Å²) < 4.78 is 0.889. The molecule has 1 amide bonds. The SMILES string of the molecule is Cc1cc(Br)cc(C(=O)Nc2cc(C(C)(C)C)[nH]n2)c1. The summed E-state index contributed by atoms with van der Waals surface area (Å²) in [5, 5.41) is 9.88. The van der Waals surface area contributed by atoms with Crippen LogP contribution in [0.1, 0.15) is 42.4 Å². The number of carbonyl (C=O) groups is 1. The Hall–Kier alpha value is -1.62. The van der Waals surface area contributed by atoms with Crippen LogP contribution < -0.4 is 5.32 Å². The number of aromatic nitrogens is 2. The molecular formula is C15H18BrN3O. The number of nitrogens with one attached hydrogen (secondary N) is 2. The van der Waals surface area contributed by atoms with Crippen LogP contribution in [0.5, 0.6) is 0 Å². The zero-order valence-corrected chi connectivity index (χ0v) is 13.6. The third-order valence-corrected chi connectivity index (χ3v) is 3.39. The Morgan fingerprint density at radius 2 is 1.95 bits per heavy atom. The number of halogens is 1. The highest BCUT2D eigenvalue weighted by molar-refractivity contribution is 9.10. The fourth-order valence-electron chi connectivity index (χ4n) is 1.83. The third kappa shape index (κ3) is 3.48. The molecule has 0 saturated heterocycles. The van der Waals surface area contributed by atoms with Crippen molar-refractivity contribution in [2.24, 2.45) is 0 Å². The summed E-state index contributed by atoms with van der Waals surface area (Å²) in [5.74, 6) is 0.374. The molecule has 5 heteroatoms. The van der Waals surface area contributed by atoms with Gasteiger partial charge in [-0.1, -0.05) is 36.7 Å². The lowest BCUT2D eigenvalue weighted by molar-refractivity contribution is 0.102. The molecule has 0 unspecified atom stereocenters. The molecule has 1 heterocycles. The van der Waals surface area contributed by atoms with Crippen molar-refractivity contribution in [3.05, 3.63) is 45.6 Å². The minimum Gasteiger partial charge on any atom is -0.305 e. The fourth-order valence-corrected chi connectivity index (χ4v) is 2.43. The van der Waals surface area contributed by atoms with Crippen LogP contribution in [0.4, 0.5) is 5.82 Å². The summed E-state index contributed by atoms with van der Waals surface area (Å²) in [4.78, 5) is 12.2. The van der Waals surface area contributed by atoms with Crippen molar-refractivity contribution >= 4 is 27.7 Å². The number of amides is 1. The van der Waals surface area contributed by atoms with Gasteiger partial charge >= 0.3 is 0 Å². The minimum absolute atomic E-state index is 0.0255. The van der Waals surface area contributed by atoms with E-state index in [4.69, 9.17) is 0 Å². The number of aryl methyl sites for hydroxylation is 1. The van der Waals surface area contributed by atoms with Gasteiger partial charge in [-0.15, -0.1) is 0 Å². The highest BCUT2D eigenvalue weighted by atomic mass is 79.9. The second-order valence-electron chi connectivity index (χ2n) is 5.89. The van der Waals surface area contributed by atoms with Crippen molar-refractivity contribution in [3.8, 4) is 0 Å². The topological polar surface area (TPSA) is 57.8 Å². The molecular weight excluding hydrogens is 318 g/mol. The quantitative estimate of drug-likeness (QED) is 0.870. The zero-order chi connectivity index (χ0) is 14.9. The van der Waals surface area contributed by atoms with Gasteiger partial charge in [0.2, 0.25) is 0 Å². The molecule has 1 aromatic carbocycles. The molecule has 20 heavy (non-hydrogen) atoms. The van der Waals surface area contributed by atoms with Crippen LogP contribution in [0, 0.1) is 6.92 Å². The van der Waals surface area contributed by atoms with Gasteiger partial charge in [-0.05, 0) is 30.7 Å². The molecule has 1 aromatic heterocycles. The molecule has 2 aromatic rings. The summed E-state index contributed by atoms with van der Waals surface area (Å²) in [5.41, 5.74) is 2.60. The Morgan fingerprint density at radius 1 is 1.25 bits per heavy atom. The Labute approximate surface area is 127 Å². The van der Waals surface area contributed by atoms with E-state index >= 15 is 0 Å². The number of anilines is 1. The lowest BCUT2D eigenvalue weighted by Crippen LogP contribution is -2.12. The summed E-state index contributed by atoms with van der Waals surface area (Å²) in [6, 6.07) is 7.46. The summed E-state index contributed by atoms with van der Waals surface area (Å²) in [6.07, 6.45) is 0. The number of H-pyrrole nitrogens is 1. The van der Waals surface area contributed by atoms with Gasteiger partial charge in [0.15, 0.2) is 5.82 Å². The van der Waals surface area contributed by atoms with Crippen LogP contribution in [0.3, 0.4) is 0 Å². The van der Waals surface area contributed by atoms with Crippen molar-refractivity contribution in [3.63, 3.8) is 0 Å². The number of hydrogen-bond acceptors (Lipinski definition) is 2. The molecule has 0 aliphatic carbocycles. The van der Waals surface area contributed by atoms with E-state index in [0.29, 0.717) is 11.4 Å². The number of benzene rings is 1. The van der Waals surface area contributed by atoms with Crippen molar-refractivity contribution < 1.29 is 4.79 Å². The molecule has 106 valence electrons.